The van der Waals surface area contributed by atoms with E-state index in [4.69, 9.17) is 9.97 Å². The van der Waals surface area contributed by atoms with Gasteiger partial charge in [0, 0.05) is 76.7 Å². The zero-order chi connectivity index (χ0) is 55.6. The minimum Gasteiger partial charge on any atom is -0.309 e. The highest BCUT2D eigenvalue weighted by molar-refractivity contribution is 6.17. The molecule has 84 heavy (non-hydrogen) atoms. The van der Waals surface area contributed by atoms with Crippen molar-refractivity contribution < 1.29 is 0 Å². The first kappa shape index (κ1) is 47.9. The number of nitrogens with zero attached hydrogens (tertiary/aromatic N) is 5. The van der Waals surface area contributed by atoms with Gasteiger partial charge in [-0.3, -0.25) is 0 Å². The Morgan fingerprint density at radius 1 is 0.286 bits per heavy atom. The van der Waals surface area contributed by atoms with Crippen LogP contribution in [0, 0.1) is 0 Å². The van der Waals surface area contributed by atoms with Crippen LogP contribution in [0.5, 0.6) is 0 Å². The predicted octanol–water partition coefficient (Wildman–Crippen LogP) is 20.4. The Morgan fingerprint density at radius 2 is 0.690 bits per heavy atom. The highest BCUT2D eigenvalue weighted by atomic mass is 15.0. The largest absolute Gasteiger partial charge is 0.309 e. The monoisotopic (exact) mass is 1070 g/mol. The number of fused-ring (bicyclic) bond motifs is 13. The molecule has 0 atom stereocenters. The Labute approximate surface area is 486 Å². The van der Waals surface area contributed by atoms with Crippen LogP contribution in [0.4, 0.5) is 0 Å². The maximum atomic E-state index is 5.62. The summed E-state index contributed by atoms with van der Waals surface area (Å²) in [7, 11) is 0. The van der Waals surface area contributed by atoms with Gasteiger partial charge in [-0.2, -0.15) is 0 Å². The predicted molar refractivity (Wildman–Crippen MR) is 350 cm³/mol. The molecule has 0 saturated carbocycles. The van der Waals surface area contributed by atoms with Crippen molar-refractivity contribution in [2.75, 3.05) is 0 Å². The first-order chi connectivity index (χ1) is 41.5. The fourth-order valence-electron chi connectivity index (χ4n) is 14.2. The molecule has 5 nitrogen and oxygen atoms in total. The minimum atomic E-state index is -0.276. The van der Waals surface area contributed by atoms with Crippen LogP contribution < -0.4 is 0 Å². The van der Waals surface area contributed by atoms with Gasteiger partial charge in [0.05, 0.1) is 61.6 Å². The fraction of sp³-hybridized carbons (Fsp3) is 0.0380. The summed E-state index contributed by atoms with van der Waals surface area (Å²) < 4.78 is 7.56. The summed E-state index contributed by atoms with van der Waals surface area (Å²) >= 11 is 0. The first-order valence-electron chi connectivity index (χ1n) is 29.0. The standard InChI is InChI=1S/C79H53N5/c1-79(2)64-37-17-9-29-53(64)60-45-46-74-75(76(60)79)61-36-16-24-44-73(61)84(74)77-62(58-34-14-22-42-71(58)82-67-38-18-10-30-54(67)55-31-11-19-39-68(55)82)47-52(66-49-65(50-25-5-3-6-26-50)80-78(81-66)51-27-7-4-8-28-51)48-63(77)59-35-15-23-43-72(59)83-69-40-20-12-32-56(69)57-33-13-21-41-70(57)83/h3-49H,1-2H3. The number of benzene rings is 12. The molecule has 0 N–H and O–H groups in total. The van der Waals surface area contributed by atoms with Crippen molar-refractivity contribution in [3.05, 3.63) is 296 Å². The molecule has 17 rings (SSSR count). The van der Waals surface area contributed by atoms with E-state index in [1.54, 1.807) is 0 Å². The minimum absolute atomic E-state index is 0.276. The zero-order valence-electron chi connectivity index (χ0n) is 46.4. The van der Waals surface area contributed by atoms with Crippen LogP contribution >= 0.6 is 0 Å². The Hall–Kier alpha value is -10.9. The van der Waals surface area contributed by atoms with E-state index in [9.17, 15) is 0 Å². The Morgan fingerprint density at radius 3 is 1.21 bits per heavy atom. The normalized spacial score (nSPS) is 12.7. The van der Waals surface area contributed by atoms with Gasteiger partial charge in [-0.05, 0) is 89.0 Å². The summed E-state index contributed by atoms with van der Waals surface area (Å²) in [6, 6.07) is 104. The molecule has 1 aliphatic carbocycles. The van der Waals surface area contributed by atoms with Gasteiger partial charge in [-0.1, -0.05) is 232 Å². The van der Waals surface area contributed by atoms with Crippen molar-refractivity contribution in [3.63, 3.8) is 0 Å². The fourth-order valence-corrected chi connectivity index (χ4v) is 14.2. The third kappa shape index (κ3) is 7.09. The van der Waals surface area contributed by atoms with Crippen LogP contribution in [0.2, 0.25) is 0 Å². The number of aromatic nitrogens is 5. The van der Waals surface area contributed by atoms with Crippen molar-refractivity contribution in [3.8, 4) is 84.3 Å². The summed E-state index contributed by atoms with van der Waals surface area (Å²) in [5.74, 6) is 0.662. The molecule has 0 amide bonds. The highest BCUT2D eigenvalue weighted by Gasteiger charge is 2.39. The van der Waals surface area contributed by atoms with Gasteiger partial charge < -0.3 is 13.7 Å². The van der Waals surface area contributed by atoms with Crippen LogP contribution in [-0.4, -0.2) is 23.7 Å². The molecule has 0 fully saturated rings. The second-order valence-corrected chi connectivity index (χ2v) is 22.8. The van der Waals surface area contributed by atoms with Gasteiger partial charge in [0.15, 0.2) is 5.82 Å². The maximum Gasteiger partial charge on any atom is 0.160 e. The van der Waals surface area contributed by atoms with E-state index in [0.29, 0.717) is 5.82 Å². The molecule has 0 saturated heterocycles. The van der Waals surface area contributed by atoms with Crippen molar-refractivity contribution >= 4 is 65.4 Å². The van der Waals surface area contributed by atoms with Crippen molar-refractivity contribution in [1.29, 1.82) is 0 Å². The maximum absolute atomic E-state index is 5.62. The van der Waals surface area contributed by atoms with Gasteiger partial charge in [0.25, 0.3) is 0 Å². The van der Waals surface area contributed by atoms with Gasteiger partial charge in [0.2, 0.25) is 0 Å². The lowest BCUT2D eigenvalue weighted by atomic mass is 9.80. The third-order valence-corrected chi connectivity index (χ3v) is 17.8. The molecule has 5 heteroatoms. The summed E-state index contributed by atoms with van der Waals surface area (Å²) in [6.45, 7) is 4.82. The van der Waals surface area contributed by atoms with E-state index in [1.165, 1.54) is 54.6 Å². The van der Waals surface area contributed by atoms with Gasteiger partial charge in [-0.25, -0.2) is 9.97 Å². The van der Waals surface area contributed by atoms with Crippen molar-refractivity contribution in [1.82, 2.24) is 23.7 Å². The third-order valence-electron chi connectivity index (χ3n) is 17.8. The Kier molecular flexibility index (Phi) is 10.6. The molecule has 394 valence electrons. The lowest BCUT2D eigenvalue weighted by Crippen LogP contribution is -2.15. The molecule has 0 bridgehead atoms. The van der Waals surface area contributed by atoms with E-state index in [1.807, 2.05) is 0 Å². The summed E-state index contributed by atoms with van der Waals surface area (Å²) in [4.78, 5) is 10.9. The summed E-state index contributed by atoms with van der Waals surface area (Å²) in [6.07, 6.45) is 0. The number of hydrogen-bond donors (Lipinski definition) is 0. The average molecular weight is 1070 g/mol. The molecule has 0 aliphatic heterocycles. The van der Waals surface area contributed by atoms with Gasteiger partial charge in [0.1, 0.15) is 0 Å². The van der Waals surface area contributed by atoms with Crippen LogP contribution in [-0.2, 0) is 5.41 Å². The van der Waals surface area contributed by atoms with E-state index in [0.717, 1.165) is 100 Å². The molecular formula is C79H53N5. The molecule has 0 radical (unpaired) electrons. The topological polar surface area (TPSA) is 40.6 Å². The summed E-state index contributed by atoms with van der Waals surface area (Å²) in [5, 5.41) is 7.32. The van der Waals surface area contributed by atoms with Crippen LogP contribution in [0.15, 0.2) is 285 Å². The zero-order valence-corrected chi connectivity index (χ0v) is 46.4. The van der Waals surface area contributed by atoms with E-state index < -0.39 is 0 Å². The molecule has 4 heterocycles. The number of hydrogen-bond acceptors (Lipinski definition) is 2. The van der Waals surface area contributed by atoms with E-state index >= 15 is 0 Å². The summed E-state index contributed by atoms with van der Waals surface area (Å²) in [5.41, 5.74) is 24.0. The second-order valence-electron chi connectivity index (χ2n) is 22.8. The van der Waals surface area contributed by atoms with E-state index in [2.05, 4.69) is 313 Å². The molecular weight excluding hydrogens is 1020 g/mol. The molecule has 0 spiro atoms. The van der Waals surface area contributed by atoms with Crippen LogP contribution in [0.1, 0.15) is 25.0 Å². The second kappa shape index (κ2) is 18.6. The number of rotatable bonds is 8. The lowest BCUT2D eigenvalue weighted by Gasteiger charge is -2.25. The first-order valence-corrected chi connectivity index (χ1v) is 29.0. The Balaban J connectivity index is 1.07. The molecule has 0 unspecified atom stereocenters. The smallest absolute Gasteiger partial charge is 0.160 e. The highest BCUT2D eigenvalue weighted by Crippen LogP contribution is 2.55. The molecule has 1 aliphatic rings. The average Bonchev–Trinajstić information content (AvgIpc) is 2.28. The van der Waals surface area contributed by atoms with Gasteiger partial charge >= 0.3 is 0 Å². The molecule has 4 aromatic heterocycles. The van der Waals surface area contributed by atoms with Crippen LogP contribution in [0.3, 0.4) is 0 Å². The van der Waals surface area contributed by atoms with Crippen LogP contribution in [0.25, 0.3) is 150 Å². The Bertz CT molecular complexity index is 5000. The molecule has 16 aromatic rings. The molecule has 12 aromatic carbocycles. The quantitative estimate of drug-likeness (QED) is 0.152. The number of para-hydroxylation sites is 7. The SMILES string of the molecule is CC1(C)c2ccccc2-c2ccc3c(c21)c1ccccc1n3-c1c(-c2ccccc2-n2c3ccccc3c3ccccc32)cc(-c2cc(-c3ccccc3)nc(-c3ccccc3)n2)cc1-c1ccccc1-n1c2ccccc2c2ccccc21. The van der Waals surface area contributed by atoms with Crippen molar-refractivity contribution in [2.45, 2.75) is 19.3 Å². The van der Waals surface area contributed by atoms with Crippen molar-refractivity contribution in [2.24, 2.45) is 0 Å². The van der Waals surface area contributed by atoms with E-state index in [-0.39, 0.29) is 5.41 Å². The van der Waals surface area contributed by atoms with Gasteiger partial charge in [-0.15, -0.1) is 0 Å². The lowest BCUT2D eigenvalue weighted by molar-refractivity contribution is 0.666.